The molecular weight excluding hydrogens is 186 g/mol. The first-order valence-electron chi connectivity index (χ1n) is 5.45. The summed E-state index contributed by atoms with van der Waals surface area (Å²) >= 11 is 0. The number of carbonyl (C=O) groups is 1. The van der Waals surface area contributed by atoms with Gasteiger partial charge in [0.15, 0.2) is 0 Å². The Morgan fingerprint density at radius 3 is 2.60 bits per heavy atom. The van der Waals surface area contributed by atoms with Crippen LogP contribution in [-0.4, -0.2) is 5.91 Å². The van der Waals surface area contributed by atoms with Gasteiger partial charge >= 0.3 is 0 Å². The van der Waals surface area contributed by atoms with E-state index in [1.807, 2.05) is 13.8 Å². The predicted molar refractivity (Wildman–Crippen MR) is 64.2 cm³/mol. The fourth-order valence-electron chi connectivity index (χ4n) is 1.37. The molecule has 0 saturated carbocycles. The van der Waals surface area contributed by atoms with E-state index >= 15 is 0 Å². The molecule has 0 aromatic heterocycles. The number of nitrogens with one attached hydrogen (secondary N) is 1. The fraction of sp³-hybridized carbons (Fsp3) is 0.462. The highest BCUT2D eigenvalue weighted by molar-refractivity contribution is 5.91. The van der Waals surface area contributed by atoms with E-state index in [9.17, 15) is 4.79 Å². The molecule has 1 N–H and O–H groups in total. The van der Waals surface area contributed by atoms with E-state index in [2.05, 4.69) is 37.4 Å². The molecule has 0 aliphatic rings. The maximum Gasteiger partial charge on any atom is 0.224 e. The van der Waals surface area contributed by atoms with Gasteiger partial charge in [-0.3, -0.25) is 4.79 Å². The molecule has 0 aliphatic carbocycles. The van der Waals surface area contributed by atoms with Crippen LogP contribution in [0.1, 0.15) is 44.2 Å². The van der Waals surface area contributed by atoms with Crippen molar-refractivity contribution >= 4 is 11.6 Å². The minimum absolute atomic E-state index is 0.0685. The van der Waals surface area contributed by atoms with Crippen molar-refractivity contribution in [1.82, 2.24) is 0 Å². The summed E-state index contributed by atoms with van der Waals surface area (Å²) in [6, 6.07) is 6.23. The van der Waals surface area contributed by atoms with Crippen LogP contribution in [0.3, 0.4) is 0 Å². The third-order valence-electron chi connectivity index (χ3n) is 2.52. The number of hydrogen-bond acceptors (Lipinski definition) is 1. The van der Waals surface area contributed by atoms with Crippen molar-refractivity contribution in [2.24, 2.45) is 0 Å². The van der Waals surface area contributed by atoms with Gasteiger partial charge in [-0.15, -0.1) is 0 Å². The zero-order valence-electron chi connectivity index (χ0n) is 9.92. The minimum atomic E-state index is 0.0685. The second-order valence-electron chi connectivity index (χ2n) is 4.13. The Hall–Kier alpha value is -1.31. The molecule has 1 aromatic carbocycles. The van der Waals surface area contributed by atoms with Crippen molar-refractivity contribution < 1.29 is 4.79 Å². The zero-order valence-corrected chi connectivity index (χ0v) is 9.92. The lowest BCUT2D eigenvalue weighted by molar-refractivity contribution is -0.115. The van der Waals surface area contributed by atoms with Gasteiger partial charge < -0.3 is 5.32 Å². The van der Waals surface area contributed by atoms with Crippen LogP contribution in [-0.2, 0) is 4.79 Å². The first-order valence-corrected chi connectivity index (χ1v) is 5.45. The Kier molecular flexibility index (Phi) is 3.89. The van der Waals surface area contributed by atoms with Gasteiger partial charge in [-0.05, 0) is 30.0 Å². The lowest BCUT2D eigenvalue weighted by Gasteiger charge is -2.11. The Balaban J connectivity index is 2.95. The maximum atomic E-state index is 11.3. The number of aryl methyl sites for hydroxylation is 1. The van der Waals surface area contributed by atoms with E-state index < -0.39 is 0 Å². The predicted octanol–water partition coefficient (Wildman–Crippen LogP) is 3.47. The van der Waals surface area contributed by atoms with E-state index in [0.29, 0.717) is 12.3 Å². The molecule has 0 atom stereocenters. The second-order valence-corrected chi connectivity index (χ2v) is 4.13. The van der Waals surface area contributed by atoms with E-state index in [1.54, 1.807) is 0 Å². The lowest BCUT2D eigenvalue weighted by Crippen LogP contribution is -2.10. The Labute approximate surface area is 91.7 Å². The largest absolute Gasteiger partial charge is 0.326 e. The molecule has 2 heteroatoms. The number of benzene rings is 1. The third kappa shape index (κ3) is 3.08. The molecule has 0 aliphatic heterocycles. The molecule has 1 amide bonds. The van der Waals surface area contributed by atoms with Crippen molar-refractivity contribution in [2.45, 2.75) is 40.0 Å². The number of carbonyl (C=O) groups excluding carboxylic acids is 1. The quantitative estimate of drug-likeness (QED) is 0.804. The normalized spacial score (nSPS) is 10.5. The summed E-state index contributed by atoms with van der Waals surface area (Å²) < 4.78 is 0. The number of rotatable bonds is 3. The molecule has 1 aromatic rings. The molecule has 0 heterocycles. The molecule has 0 fully saturated rings. The lowest BCUT2D eigenvalue weighted by atomic mass is 10.0. The van der Waals surface area contributed by atoms with E-state index in [0.717, 1.165) is 11.3 Å². The highest BCUT2D eigenvalue weighted by Gasteiger charge is 2.05. The summed E-state index contributed by atoms with van der Waals surface area (Å²) in [7, 11) is 0. The van der Waals surface area contributed by atoms with Crippen molar-refractivity contribution in [2.75, 3.05) is 5.32 Å². The summed E-state index contributed by atoms with van der Waals surface area (Å²) in [6.07, 6.45) is 0.519. The van der Waals surface area contributed by atoms with Crippen LogP contribution in [0.5, 0.6) is 0 Å². The number of amides is 1. The topological polar surface area (TPSA) is 29.1 Å². The van der Waals surface area contributed by atoms with Gasteiger partial charge in [0.2, 0.25) is 5.91 Å². The van der Waals surface area contributed by atoms with Gasteiger partial charge in [0.25, 0.3) is 0 Å². The smallest absolute Gasteiger partial charge is 0.224 e. The van der Waals surface area contributed by atoms with Gasteiger partial charge in [0.1, 0.15) is 0 Å². The van der Waals surface area contributed by atoms with Crippen molar-refractivity contribution in [1.29, 1.82) is 0 Å². The summed E-state index contributed by atoms with van der Waals surface area (Å²) in [5.41, 5.74) is 3.31. The molecule has 0 bridgehead atoms. The van der Waals surface area contributed by atoms with Gasteiger partial charge in [0.05, 0.1) is 0 Å². The zero-order chi connectivity index (χ0) is 11.4. The van der Waals surface area contributed by atoms with Gasteiger partial charge in [-0.1, -0.05) is 32.9 Å². The monoisotopic (exact) mass is 205 g/mol. The Bertz CT molecular complexity index is 356. The van der Waals surface area contributed by atoms with Gasteiger partial charge in [0, 0.05) is 12.1 Å². The first-order chi connectivity index (χ1) is 7.04. The Morgan fingerprint density at radius 2 is 2.07 bits per heavy atom. The molecule has 0 radical (unpaired) electrons. The van der Waals surface area contributed by atoms with Crippen LogP contribution in [0.15, 0.2) is 18.2 Å². The molecule has 1 rings (SSSR count). The van der Waals surface area contributed by atoms with Crippen LogP contribution in [0.25, 0.3) is 0 Å². The SMILES string of the molecule is CCC(=O)Nc1cc(C(C)C)ccc1C. The number of anilines is 1. The second kappa shape index (κ2) is 4.96. The van der Waals surface area contributed by atoms with Crippen molar-refractivity contribution in [3.8, 4) is 0 Å². The molecule has 82 valence electrons. The summed E-state index contributed by atoms with van der Waals surface area (Å²) in [6.45, 7) is 8.17. The molecule has 0 saturated heterocycles. The fourth-order valence-corrected chi connectivity index (χ4v) is 1.37. The average molecular weight is 205 g/mol. The van der Waals surface area contributed by atoms with Crippen LogP contribution in [0, 0.1) is 6.92 Å². The molecular formula is C13H19NO. The van der Waals surface area contributed by atoms with Crippen LogP contribution >= 0.6 is 0 Å². The highest BCUT2D eigenvalue weighted by Crippen LogP contribution is 2.22. The van der Waals surface area contributed by atoms with E-state index in [4.69, 9.17) is 0 Å². The summed E-state index contributed by atoms with van der Waals surface area (Å²) in [5.74, 6) is 0.557. The van der Waals surface area contributed by atoms with Crippen molar-refractivity contribution in [3.05, 3.63) is 29.3 Å². The highest BCUT2D eigenvalue weighted by atomic mass is 16.1. The molecule has 0 unspecified atom stereocenters. The summed E-state index contributed by atoms with van der Waals surface area (Å²) in [5, 5.41) is 2.92. The van der Waals surface area contributed by atoms with Gasteiger partial charge in [-0.25, -0.2) is 0 Å². The average Bonchev–Trinajstić information content (AvgIpc) is 2.20. The molecule has 15 heavy (non-hydrogen) atoms. The first kappa shape index (κ1) is 11.8. The third-order valence-corrected chi connectivity index (χ3v) is 2.52. The van der Waals surface area contributed by atoms with Crippen LogP contribution < -0.4 is 5.32 Å². The van der Waals surface area contributed by atoms with E-state index in [1.165, 1.54) is 5.56 Å². The van der Waals surface area contributed by atoms with E-state index in [-0.39, 0.29) is 5.91 Å². The number of hydrogen-bond donors (Lipinski definition) is 1. The van der Waals surface area contributed by atoms with Crippen molar-refractivity contribution in [3.63, 3.8) is 0 Å². The standard InChI is InChI=1S/C13H19NO/c1-5-13(15)14-12-8-11(9(2)3)7-6-10(12)4/h6-9H,5H2,1-4H3,(H,14,15). The molecule has 2 nitrogen and oxygen atoms in total. The van der Waals surface area contributed by atoms with Crippen LogP contribution in [0.4, 0.5) is 5.69 Å². The maximum absolute atomic E-state index is 11.3. The summed E-state index contributed by atoms with van der Waals surface area (Å²) in [4.78, 5) is 11.3. The minimum Gasteiger partial charge on any atom is -0.326 e. The van der Waals surface area contributed by atoms with Crippen LogP contribution in [0.2, 0.25) is 0 Å². The Morgan fingerprint density at radius 1 is 1.40 bits per heavy atom. The van der Waals surface area contributed by atoms with Gasteiger partial charge in [-0.2, -0.15) is 0 Å². The molecule has 0 spiro atoms.